The molecular weight excluding hydrogens is 176 g/mol. The highest BCUT2D eigenvalue weighted by Gasteiger charge is 2.84. The first-order valence-corrected chi connectivity index (χ1v) is 4.94. The maximum Gasteiger partial charge on any atom is 0.312 e. The molecule has 0 unspecified atom stereocenters. The summed E-state index contributed by atoms with van der Waals surface area (Å²) in [6.45, 7) is 0. The second kappa shape index (κ2) is 2.38. The van der Waals surface area contributed by atoms with Crippen molar-refractivity contribution in [3.63, 3.8) is 0 Å². The number of esters is 1. The van der Waals surface area contributed by atoms with E-state index < -0.39 is 0 Å². The van der Waals surface area contributed by atoms with Gasteiger partial charge in [0.1, 0.15) is 0 Å². The van der Waals surface area contributed by atoms with Crippen molar-refractivity contribution in [2.24, 2.45) is 11.3 Å². The first-order chi connectivity index (χ1) is 6.80. The fourth-order valence-corrected chi connectivity index (χ4v) is 2.65. The Bertz CT molecular complexity index is 385. The van der Waals surface area contributed by atoms with Crippen molar-refractivity contribution in [1.82, 2.24) is 0 Å². The number of carbonyl (C=O) groups is 1. The molecule has 0 aliphatic heterocycles. The van der Waals surface area contributed by atoms with Gasteiger partial charge >= 0.3 is 5.97 Å². The van der Waals surface area contributed by atoms with Gasteiger partial charge in [-0.15, -0.1) is 0 Å². The summed E-state index contributed by atoms with van der Waals surface area (Å²) < 4.78 is 4.83. The molecule has 2 saturated carbocycles. The van der Waals surface area contributed by atoms with Crippen molar-refractivity contribution in [1.29, 1.82) is 0 Å². The number of carbonyl (C=O) groups excluding carboxylic acids is 1. The molecule has 14 heavy (non-hydrogen) atoms. The Hall–Kier alpha value is -1.31. The molecule has 2 aliphatic rings. The Kier molecular flexibility index (Phi) is 1.37. The molecule has 3 atom stereocenters. The Morgan fingerprint density at radius 3 is 2.71 bits per heavy atom. The minimum atomic E-state index is -0.115. The third kappa shape index (κ3) is 0.788. The first kappa shape index (κ1) is 8.04. The van der Waals surface area contributed by atoms with Crippen LogP contribution in [0, 0.1) is 11.3 Å². The van der Waals surface area contributed by atoms with Gasteiger partial charge in [0.25, 0.3) is 0 Å². The molecule has 2 nitrogen and oxygen atoms in total. The smallest absolute Gasteiger partial charge is 0.312 e. The zero-order valence-corrected chi connectivity index (χ0v) is 8.07. The summed E-state index contributed by atoms with van der Waals surface area (Å²) in [5.41, 5.74) is 1.17. The van der Waals surface area contributed by atoms with Gasteiger partial charge in [-0.3, -0.25) is 4.79 Å². The maximum absolute atomic E-state index is 11.5. The Balaban J connectivity index is 1.85. The van der Waals surface area contributed by atoms with Crippen LogP contribution in [0.25, 0.3) is 0 Å². The number of rotatable bonds is 2. The Morgan fingerprint density at radius 1 is 1.43 bits per heavy atom. The SMILES string of the molecule is COC(=O)[C@@]12C[C@@H]1[C@H]2c1ccccc1. The lowest BCUT2D eigenvalue weighted by Crippen LogP contribution is -2.13. The van der Waals surface area contributed by atoms with Crippen LogP contribution in [-0.2, 0) is 9.53 Å². The van der Waals surface area contributed by atoms with E-state index in [-0.39, 0.29) is 11.4 Å². The van der Waals surface area contributed by atoms with E-state index in [0.29, 0.717) is 11.8 Å². The quantitative estimate of drug-likeness (QED) is 0.663. The normalized spacial score (nSPS) is 37.2. The summed E-state index contributed by atoms with van der Waals surface area (Å²) in [7, 11) is 1.48. The Morgan fingerprint density at radius 2 is 2.14 bits per heavy atom. The van der Waals surface area contributed by atoms with E-state index in [1.165, 1.54) is 12.7 Å². The fraction of sp³-hybridized carbons (Fsp3) is 0.417. The molecule has 2 aliphatic carbocycles. The lowest BCUT2D eigenvalue weighted by molar-refractivity contribution is -0.144. The van der Waals surface area contributed by atoms with Crippen molar-refractivity contribution >= 4 is 5.97 Å². The predicted octanol–water partition coefficient (Wildman–Crippen LogP) is 1.96. The predicted molar refractivity (Wildman–Crippen MR) is 51.7 cm³/mol. The van der Waals surface area contributed by atoms with Gasteiger partial charge in [-0.25, -0.2) is 0 Å². The van der Waals surface area contributed by atoms with Gasteiger partial charge in [-0.05, 0) is 17.9 Å². The van der Waals surface area contributed by atoms with Gasteiger partial charge in [-0.1, -0.05) is 30.3 Å². The summed E-state index contributed by atoms with van der Waals surface area (Å²) in [6, 6.07) is 10.3. The van der Waals surface area contributed by atoms with Crippen molar-refractivity contribution in [2.45, 2.75) is 12.3 Å². The average Bonchev–Trinajstić information content (AvgIpc) is 3.06. The molecule has 2 heteroatoms. The van der Waals surface area contributed by atoms with E-state index in [1.54, 1.807) is 0 Å². The molecule has 0 radical (unpaired) electrons. The summed E-state index contributed by atoms with van der Waals surface area (Å²) in [6.07, 6.45) is 1.03. The van der Waals surface area contributed by atoms with Crippen LogP contribution in [0.3, 0.4) is 0 Å². The number of hydrogen-bond acceptors (Lipinski definition) is 2. The molecule has 0 N–H and O–H groups in total. The van der Waals surface area contributed by atoms with Gasteiger partial charge in [0, 0.05) is 5.92 Å². The van der Waals surface area contributed by atoms with Crippen LogP contribution >= 0.6 is 0 Å². The van der Waals surface area contributed by atoms with Crippen LogP contribution < -0.4 is 0 Å². The lowest BCUT2D eigenvalue weighted by atomic mass is 9.97. The average molecular weight is 188 g/mol. The van der Waals surface area contributed by atoms with Gasteiger partial charge in [0.2, 0.25) is 0 Å². The number of hydrogen-bond donors (Lipinski definition) is 0. The van der Waals surface area contributed by atoms with Crippen LogP contribution in [-0.4, -0.2) is 13.1 Å². The molecule has 0 amide bonds. The van der Waals surface area contributed by atoms with Crippen LogP contribution in [0.15, 0.2) is 30.3 Å². The standard InChI is InChI=1S/C12H12O2/c1-14-11(13)12-7-9(12)10(12)8-5-3-2-4-6-8/h2-6,9-10H,7H2,1H3/t9-,10-,12+/m1/s1. The molecule has 1 aromatic rings. The van der Waals surface area contributed by atoms with E-state index in [0.717, 1.165) is 6.42 Å². The van der Waals surface area contributed by atoms with E-state index >= 15 is 0 Å². The summed E-state index contributed by atoms with van der Waals surface area (Å²) >= 11 is 0. The third-order valence-electron chi connectivity index (χ3n) is 3.63. The highest BCUT2D eigenvalue weighted by atomic mass is 16.5. The second-order valence-electron chi connectivity index (χ2n) is 4.23. The number of methoxy groups -OCH3 is 1. The second-order valence-corrected chi connectivity index (χ2v) is 4.23. The monoisotopic (exact) mass is 188 g/mol. The molecule has 0 aromatic heterocycles. The summed E-state index contributed by atoms with van der Waals surface area (Å²) in [5, 5.41) is 0. The largest absolute Gasteiger partial charge is 0.469 e. The number of benzene rings is 1. The van der Waals surface area contributed by atoms with E-state index in [1.807, 2.05) is 18.2 Å². The topological polar surface area (TPSA) is 26.3 Å². The van der Waals surface area contributed by atoms with Gasteiger partial charge in [0.15, 0.2) is 0 Å². The minimum Gasteiger partial charge on any atom is -0.469 e. The van der Waals surface area contributed by atoms with Crippen molar-refractivity contribution < 1.29 is 9.53 Å². The Labute approximate surface area is 82.9 Å². The summed E-state index contributed by atoms with van der Waals surface area (Å²) in [4.78, 5) is 11.5. The number of ether oxygens (including phenoxy) is 1. The third-order valence-corrected chi connectivity index (χ3v) is 3.63. The van der Waals surface area contributed by atoms with Crippen molar-refractivity contribution in [3.8, 4) is 0 Å². The maximum atomic E-state index is 11.5. The molecule has 72 valence electrons. The zero-order valence-electron chi connectivity index (χ0n) is 8.07. The number of fused-ring (bicyclic) bond motifs is 1. The van der Waals surface area contributed by atoms with E-state index in [9.17, 15) is 4.79 Å². The van der Waals surface area contributed by atoms with E-state index in [4.69, 9.17) is 4.74 Å². The minimum absolute atomic E-state index is 0.0173. The van der Waals surface area contributed by atoms with E-state index in [2.05, 4.69) is 12.1 Å². The van der Waals surface area contributed by atoms with Crippen LogP contribution in [0.5, 0.6) is 0 Å². The van der Waals surface area contributed by atoms with Crippen molar-refractivity contribution in [2.75, 3.05) is 7.11 Å². The van der Waals surface area contributed by atoms with Crippen LogP contribution in [0.4, 0.5) is 0 Å². The molecule has 0 saturated heterocycles. The first-order valence-electron chi connectivity index (χ1n) is 4.94. The van der Waals surface area contributed by atoms with Gasteiger partial charge < -0.3 is 4.74 Å². The molecular formula is C12H12O2. The molecule has 1 aromatic carbocycles. The molecule has 3 rings (SSSR count). The molecule has 0 heterocycles. The fourth-order valence-electron chi connectivity index (χ4n) is 2.65. The molecule has 0 bridgehead atoms. The van der Waals surface area contributed by atoms with Gasteiger partial charge in [0.05, 0.1) is 12.5 Å². The lowest BCUT2D eigenvalue weighted by Gasteiger charge is -2.09. The molecule has 2 fully saturated rings. The van der Waals surface area contributed by atoms with Crippen LogP contribution in [0.1, 0.15) is 17.9 Å². The van der Waals surface area contributed by atoms with Crippen molar-refractivity contribution in [3.05, 3.63) is 35.9 Å². The van der Waals surface area contributed by atoms with Crippen LogP contribution in [0.2, 0.25) is 0 Å². The van der Waals surface area contributed by atoms with Gasteiger partial charge in [-0.2, -0.15) is 0 Å². The zero-order chi connectivity index (χ0) is 9.76. The highest BCUT2D eigenvalue weighted by molar-refractivity contribution is 5.88. The highest BCUT2D eigenvalue weighted by Crippen LogP contribution is 2.84. The summed E-state index contributed by atoms with van der Waals surface area (Å²) in [5.74, 6) is 0.991. The molecule has 0 spiro atoms.